The Kier molecular flexibility index (Phi) is 8.26. The molecule has 7 heteroatoms. The number of carbonyl (C=O) groups excluding carboxylic acids is 2. The molecule has 0 fully saturated rings. The first-order chi connectivity index (χ1) is 17.5. The number of hydrogen-bond donors (Lipinski definition) is 1. The lowest BCUT2D eigenvalue weighted by atomic mass is 9.98. The van der Waals surface area contributed by atoms with Crippen molar-refractivity contribution < 1.29 is 19.1 Å². The molecule has 4 aromatic carbocycles. The van der Waals surface area contributed by atoms with Crippen LogP contribution in [-0.4, -0.2) is 19.0 Å². The van der Waals surface area contributed by atoms with E-state index < -0.39 is 5.97 Å². The maximum atomic E-state index is 12.7. The van der Waals surface area contributed by atoms with Crippen LogP contribution in [-0.2, 0) is 27.3 Å². The summed E-state index contributed by atoms with van der Waals surface area (Å²) in [5.74, 6) is -0.789. The number of methoxy groups -OCH3 is 1. The van der Waals surface area contributed by atoms with Gasteiger partial charge in [-0.3, -0.25) is 4.79 Å². The first-order valence-corrected chi connectivity index (χ1v) is 11.9. The topological polar surface area (TPSA) is 64.6 Å². The number of ether oxygens (including phenoxy) is 2. The molecule has 4 aromatic rings. The van der Waals surface area contributed by atoms with Gasteiger partial charge in [0.05, 0.1) is 34.8 Å². The molecular formula is C29H23Cl2NO4. The van der Waals surface area contributed by atoms with Crippen molar-refractivity contribution in [1.29, 1.82) is 0 Å². The molecule has 0 saturated carbocycles. The van der Waals surface area contributed by atoms with Gasteiger partial charge in [0.25, 0.3) is 0 Å². The third-order valence-electron chi connectivity index (χ3n) is 5.54. The Morgan fingerprint density at radius 3 is 2.31 bits per heavy atom. The van der Waals surface area contributed by atoms with Gasteiger partial charge in [-0.1, -0.05) is 83.9 Å². The number of esters is 2. The van der Waals surface area contributed by atoms with E-state index in [2.05, 4.69) is 5.32 Å². The van der Waals surface area contributed by atoms with Crippen molar-refractivity contribution in [2.24, 2.45) is 0 Å². The van der Waals surface area contributed by atoms with Crippen molar-refractivity contribution in [3.05, 3.63) is 118 Å². The Hall–Kier alpha value is -3.80. The fourth-order valence-electron chi connectivity index (χ4n) is 3.77. The average molecular weight is 520 g/mol. The summed E-state index contributed by atoms with van der Waals surface area (Å²) in [5.41, 5.74) is 4.88. The Balaban J connectivity index is 1.45. The quantitative estimate of drug-likeness (QED) is 0.244. The Labute approximate surface area is 219 Å². The minimum atomic E-state index is -0.409. The van der Waals surface area contributed by atoms with Gasteiger partial charge in [-0.2, -0.15) is 0 Å². The summed E-state index contributed by atoms with van der Waals surface area (Å²) in [6.07, 6.45) is 0.0656. The second kappa shape index (κ2) is 11.8. The third-order valence-corrected chi connectivity index (χ3v) is 6.17. The monoisotopic (exact) mass is 519 g/mol. The molecule has 0 heterocycles. The maximum Gasteiger partial charge on any atom is 0.338 e. The SMILES string of the molecule is COC(=O)c1ccccc1-c1cccc(COC(=O)Cc2ccccc2Nc2c(Cl)cccc2Cl)c1. The summed E-state index contributed by atoms with van der Waals surface area (Å²) in [6, 6.07) is 27.4. The molecule has 0 radical (unpaired) electrons. The van der Waals surface area contributed by atoms with Crippen LogP contribution in [0.3, 0.4) is 0 Å². The van der Waals surface area contributed by atoms with Crippen LogP contribution < -0.4 is 5.32 Å². The van der Waals surface area contributed by atoms with Crippen LogP contribution in [0.1, 0.15) is 21.5 Å². The highest BCUT2D eigenvalue weighted by molar-refractivity contribution is 6.39. The van der Waals surface area contributed by atoms with Crippen molar-refractivity contribution in [2.45, 2.75) is 13.0 Å². The molecule has 0 bridgehead atoms. The fourth-order valence-corrected chi connectivity index (χ4v) is 4.26. The molecular weight excluding hydrogens is 497 g/mol. The van der Waals surface area contributed by atoms with E-state index in [0.717, 1.165) is 22.3 Å². The van der Waals surface area contributed by atoms with Crippen molar-refractivity contribution in [3.63, 3.8) is 0 Å². The zero-order chi connectivity index (χ0) is 25.5. The Morgan fingerprint density at radius 1 is 0.833 bits per heavy atom. The Bertz CT molecular complexity index is 1380. The number of anilines is 2. The standard InChI is InChI=1S/C29H23Cl2NO4/c1-35-29(34)23-12-4-3-11-22(23)20-10-6-8-19(16-20)18-36-27(33)17-21-9-2-5-15-26(21)32-28-24(30)13-7-14-25(28)31/h2-16,32H,17-18H2,1H3. The highest BCUT2D eigenvalue weighted by Crippen LogP contribution is 2.33. The lowest BCUT2D eigenvalue weighted by molar-refractivity contribution is -0.144. The fraction of sp³-hybridized carbons (Fsp3) is 0.103. The first-order valence-electron chi connectivity index (χ1n) is 11.2. The second-order valence-corrected chi connectivity index (χ2v) is 8.77. The summed E-state index contributed by atoms with van der Waals surface area (Å²) in [7, 11) is 1.35. The predicted molar refractivity (Wildman–Crippen MR) is 143 cm³/mol. The summed E-state index contributed by atoms with van der Waals surface area (Å²) in [4.78, 5) is 24.8. The minimum Gasteiger partial charge on any atom is -0.465 e. The molecule has 0 aliphatic heterocycles. The highest BCUT2D eigenvalue weighted by Gasteiger charge is 2.14. The summed E-state index contributed by atoms with van der Waals surface area (Å²) in [6.45, 7) is 0.0962. The van der Waals surface area contributed by atoms with Crippen LogP contribution >= 0.6 is 23.2 Å². The van der Waals surface area contributed by atoms with Crippen molar-refractivity contribution in [2.75, 3.05) is 12.4 Å². The molecule has 36 heavy (non-hydrogen) atoms. The van der Waals surface area contributed by atoms with Crippen molar-refractivity contribution in [3.8, 4) is 11.1 Å². The van der Waals surface area contributed by atoms with E-state index in [1.807, 2.05) is 60.7 Å². The number of hydrogen-bond acceptors (Lipinski definition) is 5. The summed E-state index contributed by atoms with van der Waals surface area (Å²) >= 11 is 12.6. The predicted octanol–water partition coefficient (Wildman–Crippen LogP) is 7.48. The van der Waals surface area contributed by atoms with E-state index >= 15 is 0 Å². The van der Waals surface area contributed by atoms with Crippen LogP contribution in [0.2, 0.25) is 10.0 Å². The number of halogens is 2. The van der Waals surface area contributed by atoms with E-state index in [4.69, 9.17) is 32.7 Å². The molecule has 1 N–H and O–H groups in total. The summed E-state index contributed by atoms with van der Waals surface area (Å²) < 4.78 is 10.5. The van der Waals surface area contributed by atoms with Crippen LogP contribution in [0.25, 0.3) is 11.1 Å². The first kappa shape index (κ1) is 25.3. The van der Waals surface area contributed by atoms with Gasteiger partial charge >= 0.3 is 11.9 Å². The van der Waals surface area contributed by atoms with Crippen LogP contribution in [0.15, 0.2) is 91.0 Å². The molecule has 0 aliphatic carbocycles. The molecule has 182 valence electrons. The number of carbonyl (C=O) groups is 2. The van der Waals surface area contributed by atoms with Gasteiger partial charge < -0.3 is 14.8 Å². The van der Waals surface area contributed by atoms with Crippen molar-refractivity contribution in [1.82, 2.24) is 0 Å². The van der Waals surface area contributed by atoms with Gasteiger partial charge in [0.2, 0.25) is 0 Å². The zero-order valence-electron chi connectivity index (χ0n) is 19.5. The van der Waals surface area contributed by atoms with E-state index in [9.17, 15) is 9.59 Å². The van der Waals surface area contributed by atoms with Gasteiger partial charge in [-0.15, -0.1) is 0 Å². The molecule has 0 unspecified atom stereocenters. The van der Waals surface area contributed by atoms with Gasteiger partial charge in [-0.05, 0) is 52.6 Å². The van der Waals surface area contributed by atoms with Gasteiger partial charge in [0, 0.05) is 5.69 Å². The smallest absolute Gasteiger partial charge is 0.338 e. The molecule has 5 nitrogen and oxygen atoms in total. The van der Waals surface area contributed by atoms with Crippen molar-refractivity contribution >= 4 is 46.5 Å². The normalized spacial score (nSPS) is 10.5. The van der Waals surface area contributed by atoms with E-state index in [1.165, 1.54) is 7.11 Å². The van der Waals surface area contributed by atoms with Gasteiger partial charge in [-0.25, -0.2) is 4.79 Å². The van der Waals surface area contributed by atoms with Crippen LogP contribution in [0.4, 0.5) is 11.4 Å². The van der Waals surface area contributed by atoms with E-state index in [0.29, 0.717) is 27.0 Å². The largest absolute Gasteiger partial charge is 0.465 e. The average Bonchev–Trinajstić information content (AvgIpc) is 2.90. The van der Waals surface area contributed by atoms with E-state index in [1.54, 1.807) is 30.3 Å². The minimum absolute atomic E-state index is 0.0656. The molecule has 0 saturated heterocycles. The Morgan fingerprint density at radius 2 is 1.53 bits per heavy atom. The summed E-state index contributed by atoms with van der Waals surface area (Å²) in [5, 5.41) is 4.18. The zero-order valence-corrected chi connectivity index (χ0v) is 21.0. The number of benzene rings is 4. The van der Waals surface area contributed by atoms with Gasteiger partial charge in [0.15, 0.2) is 0 Å². The number of nitrogens with one attached hydrogen (secondary N) is 1. The second-order valence-electron chi connectivity index (χ2n) is 7.95. The molecule has 0 spiro atoms. The molecule has 0 amide bonds. The van der Waals surface area contributed by atoms with Crippen LogP contribution in [0.5, 0.6) is 0 Å². The lowest BCUT2D eigenvalue weighted by Gasteiger charge is -2.14. The molecule has 0 aromatic heterocycles. The lowest BCUT2D eigenvalue weighted by Crippen LogP contribution is -2.10. The maximum absolute atomic E-state index is 12.7. The van der Waals surface area contributed by atoms with Gasteiger partial charge in [0.1, 0.15) is 6.61 Å². The number of rotatable bonds is 8. The molecule has 4 rings (SSSR count). The van der Waals surface area contributed by atoms with E-state index in [-0.39, 0.29) is 19.0 Å². The highest BCUT2D eigenvalue weighted by atomic mass is 35.5. The molecule has 0 aliphatic rings. The van der Waals surface area contributed by atoms with Crippen LogP contribution in [0, 0.1) is 0 Å². The third kappa shape index (κ3) is 6.06. The number of para-hydroxylation sites is 2. The molecule has 0 atom stereocenters.